The maximum Gasteiger partial charge on any atom is 0.320 e. The maximum atomic E-state index is 10.4. The highest BCUT2D eigenvalue weighted by atomic mass is 79.9. The normalized spacial score (nSPS) is 12.4. The number of carboxylic acid groups (broad SMARTS) is 1. The molecule has 0 fully saturated rings. The fraction of sp³-hybridized carbons (Fsp3) is 0.333. The number of rotatable bonds is 5. The minimum atomic E-state index is -0.959. The number of hydrogen-bond acceptors (Lipinski definition) is 4. The summed E-state index contributed by atoms with van der Waals surface area (Å²) >= 11 is 4.79. The maximum absolute atomic E-state index is 10.4. The van der Waals surface area contributed by atoms with E-state index >= 15 is 0 Å². The first-order valence-corrected chi connectivity index (χ1v) is 6.10. The van der Waals surface area contributed by atoms with E-state index in [1.54, 1.807) is 6.20 Å². The number of halogens is 1. The molecule has 1 rings (SSSR count). The number of carboxylic acids is 1. The number of hydrogen-bond donors (Lipinski definition) is 2. The molecule has 0 bridgehead atoms. The monoisotopic (exact) mass is 290 g/mol. The van der Waals surface area contributed by atoms with Crippen LogP contribution in [0, 0.1) is 0 Å². The van der Waals surface area contributed by atoms with Gasteiger partial charge >= 0.3 is 5.97 Å². The Morgan fingerprint density at radius 1 is 1.67 bits per heavy atom. The van der Waals surface area contributed by atoms with E-state index in [1.165, 1.54) is 11.8 Å². The zero-order valence-corrected chi connectivity index (χ0v) is 10.3. The van der Waals surface area contributed by atoms with E-state index in [0.717, 1.165) is 9.50 Å². The van der Waals surface area contributed by atoms with Gasteiger partial charge in [-0.1, -0.05) is 0 Å². The molecule has 0 saturated carbocycles. The van der Waals surface area contributed by atoms with Gasteiger partial charge in [0.1, 0.15) is 6.04 Å². The van der Waals surface area contributed by atoms with Crippen LogP contribution < -0.4 is 5.73 Å². The first-order valence-electron chi connectivity index (χ1n) is 4.32. The Labute approximate surface area is 100 Å². The zero-order valence-electron chi connectivity index (χ0n) is 7.89. The van der Waals surface area contributed by atoms with Crippen LogP contribution in [-0.2, 0) is 4.79 Å². The second-order valence-electron chi connectivity index (χ2n) is 2.90. The molecule has 1 heterocycles. The topological polar surface area (TPSA) is 76.2 Å². The van der Waals surface area contributed by atoms with E-state index in [-0.39, 0.29) is 0 Å². The third-order valence-electron chi connectivity index (χ3n) is 1.70. The van der Waals surface area contributed by atoms with Crippen molar-refractivity contribution >= 4 is 33.7 Å². The molecule has 0 aliphatic rings. The fourth-order valence-corrected chi connectivity index (χ4v) is 1.97. The van der Waals surface area contributed by atoms with Gasteiger partial charge in [-0.25, -0.2) is 4.98 Å². The molecule has 0 radical (unpaired) electrons. The molecule has 0 saturated heterocycles. The molecule has 0 aliphatic carbocycles. The van der Waals surface area contributed by atoms with Gasteiger partial charge < -0.3 is 10.8 Å². The summed E-state index contributed by atoms with van der Waals surface area (Å²) in [5.74, 6) is -0.304. The minimum absolute atomic E-state index is 0.442. The van der Waals surface area contributed by atoms with E-state index < -0.39 is 12.0 Å². The number of pyridine rings is 1. The van der Waals surface area contributed by atoms with Gasteiger partial charge in [0.25, 0.3) is 0 Å². The van der Waals surface area contributed by atoms with Crippen LogP contribution in [0.3, 0.4) is 0 Å². The molecule has 15 heavy (non-hydrogen) atoms. The number of nitrogens with zero attached hydrogens (tertiary/aromatic N) is 1. The van der Waals surface area contributed by atoms with Crippen LogP contribution in [0.4, 0.5) is 0 Å². The highest BCUT2D eigenvalue weighted by Crippen LogP contribution is 2.18. The van der Waals surface area contributed by atoms with Crippen LogP contribution in [0.5, 0.6) is 0 Å². The average molecular weight is 291 g/mol. The second kappa shape index (κ2) is 6.09. The first-order chi connectivity index (χ1) is 7.09. The smallest absolute Gasteiger partial charge is 0.320 e. The van der Waals surface area contributed by atoms with Gasteiger partial charge in [-0.15, -0.1) is 11.8 Å². The molecule has 1 aromatic rings. The Hall–Kier alpha value is -0.590. The average Bonchev–Trinajstić information content (AvgIpc) is 2.20. The van der Waals surface area contributed by atoms with Gasteiger partial charge in [0.05, 0.1) is 5.03 Å². The predicted octanol–water partition coefficient (Wildman–Crippen LogP) is 1.74. The van der Waals surface area contributed by atoms with Crippen molar-refractivity contribution in [2.45, 2.75) is 17.5 Å². The summed E-state index contributed by atoms with van der Waals surface area (Å²) in [7, 11) is 0. The van der Waals surface area contributed by atoms with Crippen molar-refractivity contribution in [1.29, 1.82) is 0 Å². The van der Waals surface area contributed by atoms with E-state index in [9.17, 15) is 4.79 Å². The van der Waals surface area contributed by atoms with Crippen LogP contribution >= 0.6 is 27.7 Å². The lowest BCUT2D eigenvalue weighted by atomic mass is 10.2. The predicted molar refractivity (Wildman–Crippen MR) is 62.9 cm³/mol. The van der Waals surface area contributed by atoms with E-state index in [4.69, 9.17) is 10.8 Å². The van der Waals surface area contributed by atoms with Crippen molar-refractivity contribution in [2.75, 3.05) is 5.75 Å². The standard InChI is InChI=1S/C9H11BrN2O2S/c10-6-1-2-8(12-5-6)15-4-3-7(11)9(13)14/h1-2,5,7H,3-4,11H2,(H,13,14). The summed E-state index contributed by atoms with van der Waals surface area (Å²) in [5, 5.41) is 9.43. The van der Waals surface area contributed by atoms with E-state index in [0.29, 0.717) is 12.2 Å². The molecule has 1 aromatic heterocycles. The van der Waals surface area contributed by atoms with Crippen LogP contribution in [0.15, 0.2) is 27.8 Å². The molecule has 0 aliphatic heterocycles. The van der Waals surface area contributed by atoms with Crippen molar-refractivity contribution in [1.82, 2.24) is 4.98 Å². The summed E-state index contributed by atoms with van der Waals surface area (Å²) in [6.45, 7) is 0. The van der Waals surface area contributed by atoms with Gasteiger partial charge in [-0.05, 0) is 34.5 Å². The highest BCUT2D eigenvalue weighted by molar-refractivity contribution is 9.10. The minimum Gasteiger partial charge on any atom is -0.480 e. The molecule has 0 amide bonds. The molecule has 1 atom stereocenters. The van der Waals surface area contributed by atoms with Gasteiger partial charge in [-0.2, -0.15) is 0 Å². The van der Waals surface area contributed by atoms with Crippen LogP contribution in [0.2, 0.25) is 0 Å². The largest absolute Gasteiger partial charge is 0.480 e. The molecule has 0 aromatic carbocycles. The quantitative estimate of drug-likeness (QED) is 0.808. The van der Waals surface area contributed by atoms with Crippen molar-refractivity contribution in [3.63, 3.8) is 0 Å². The lowest BCUT2D eigenvalue weighted by Crippen LogP contribution is -2.30. The van der Waals surface area contributed by atoms with Crippen molar-refractivity contribution in [3.8, 4) is 0 Å². The summed E-state index contributed by atoms with van der Waals surface area (Å²) in [5.41, 5.74) is 5.36. The molecule has 6 heteroatoms. The van der Waals surface area contributed by atoms with Crippen molar-refractivity contribution in [2.24, 2.45) is 5.73 Å². The Morgan fingerprint density at radius 3 is 2.93 bits per heavy atom. The number of aromatic nitrogens is 1. The fourth-order valence-electron chi connectivity index (χ4n) is 0.862. The Morgan fingerprint density at radius 2 is 2.40 bits per heavy atom. The van der Waals surface area contributed by atoms with E-state index in [1.807, 2.05) is 12.1 Å². The summed E-state index contributed by atoms with van der Waals surface area (Å²) in [6.07, 6.45) is 2.15. The second-order valence-corrected chi connectivity index (χ2v) is 4.93. The lowest BCUT2D eigenvalue weighted by Gasteiger charge is -2.05. The molecular weight excluding hydrogens is 280 g/mol. The summed E-state index contributed by atoms with van der Waals surface area (Å²) in [6, 6.07) is 2.99. The molecule has 1 unspecified atom stereocenters. The van der Waals surface area contributed by atoms with Crippen molar-refractivity contribution < 1.29 is 9.90 Å². The van der Waals surface area contributed by atoms with Gasteiger partial charge in [0.15, 0.2) is 0 Å². The molecule has 0 spiro atoms. The molecule has 82 valence electrons. The SMILES string of the molecule is NC(CCSc1ccc(Br)cn1)C(=O)O. The molecule has 4 nitrogen and oxygen atoms in total. The van der Waals surface area contributed by atoms with Crippen molar-refractivity contribution in [3.05, 3.63) is 22.8 Å². The summed E-state index contributed by atoms with van der Waals surface area (Å²) in [4.78, 5) is 14.6. The third kappa shape index (κ3) is 4.63. The summed E-state index contributed by atoms with van der Waals surface area (Å²) < 4.78 is 0.925. The third-order valence-corrected chi connectivity index (χ3v) is 3.14. The number of thioether (sulfide) groups is 1. The highest BCUT2D eigenvalue weighted by Gasteiger charge is 2.10. The van der Waals surface area contributed by atoms with E-state index in [2.05, 4.69) is 20.9 Å². The number of aliphatic carboxylic acids is 1. The Bertz CT molecular complexity index is 331. The Kier molecular flexibility index (Phi) is 5.07. The van der Waals surface area contributed by atoms with Crippen LogP contribution in [-0.4, -0.2) is 27.9 Å². The van der Waals surface area contributed by atoms with Crippen LogP contribution in [0.25, 0.3) is 0 Å². The van der Waals surface area contributed by atoms with Gasteiger partial charge in [0.2, 0.25) is 0 Å². The van der Waals surface area contributed by atoms with Gasteiger partial charge in [0, 0.05) is 16.4 Å². The molecular formula is C9H11BrN2O2S. The zero-order chi connectivity index (χ0) is 11.3. The Balaban J connectivity index is 2.32. The molecule has 3 N–H and O–H groups in total. The van der Waals surface area contributed by atoms with Gasteiger partial charge in [-0.3, -0.25) is 4.79 Å². The van der Waals surface area contributed by atoms with Crippen LogP contribution in [0.1, 0.15) is 6.42 Å². The lowest BCUT2D eigenvalue weighted by molar-refractivity contribution is -0.138. The number of carbonyl (C=O) groups is 1. The first kappa shape index (κ1) is 12.5. The number of nitrogens with two attached hydrogens (primary N) is 1.